The summed E-state index contributed by atoms with van der Waals surface area (Å²) in [4.78, 5) is 6.66. The van der Waals surface area contributed by atoms with Crippen molar-refractivity contribution in [2.75, 3.05) is 4.90 Å². The third-order valence-corrected chi connectivity index (χ3v) is 9.89. The van der Waals surface area contributed by atoms with E-state index in [-0.39, 0.29) is 0 Å². The Morgan fingerprint density at radius 3 is 1.71 bits per heavy atom. The van der Waals surface area contributed by atoms with Crippen molar-refractivity contribution in [3.63, 3.8) is 0 Å². The van der Waals surface area contributed by atoms with E-state index in [0.29, 0.717) is 0 Å². The average Bonchev–Trinajstić information content (AvgIpc) is 3.74. The van der Waals surface area contributed by atoms with Crippen LogP contribution in [0.5, 0.6) is 0 Å². The molecule has 0 atom stereocenters. The predicted octanol–water partition coefficient (Wildman–Crippen LogP) is 12.9. The molecule has 0 saturated carbocycles. The summed E-state index contributed by atoms with van der Waals surface area (Å²) in [5.74, 6) is 0. The summed E-state index contributed by atoms with van der Waals surface area (Å²) in [6.07, 6.45) is 3.65. The topological polar surface area (TPSA) is 34.2 Å². The van der Waals surface area contributed by atoms with E-state index in [9.17, 15) is 0 Å². The van der Waals surface area contributed by atoms with Crippen LogP contribution in [0, 0.1) is 0 Å². The lowest BCUT2D eigenvalue weighted by molar-refractivity contribution is 0.668. The second-order valence-corrected chi connectivity index (χ2v) is 12.9. The maximum Gasteiger partial charge on any atom is 0.138 e. The highest BCUT2D eigenvalue weighted by molar-refractivity contribution is 6.09. The number of furan rings is 1. The van der Waals surface area contributed by atoms with Crippen molar-refractivity contribution < 1.29 is 4.42 Å². The number of aromatic nitrogens is 2. The molecule has 240 valence electrons. The molecule has 0 saturated heterocycles. The van der Waals surface area contributed by atoms with Crippen LogP contribution in [0.3, 0.4) is 0 Å². The van der Waals surface area contributed by atoms with Gasteiger partial charge in [0.1, 0.15) is 11.2 Å². The molecule has 0 fully saturated rings. The van der Waals surface area contributed by atoms with E-state index in [4.69, 9.17) is 4.42 Å². The fraction of sp³-hybridized carbons (Fsp3) is 0. The molecule has 0 radical (unpaired) electrons. The van der Waals surface area contributed by atoms with Gasteiger partial charge in [0.05, 0.1) is 11.0 Å². The number of pyridine rings is 1. The largest absolute Gasteiger partial charge is 0.456 e. The minimum Gasteiger partial charge on any atom is -0.456 e. The zero-order valence-corrected chi connectivity index (χ0v) is 27.6. The molecule has 0 aliphatic carbocycles. The van der Waals surface area contributed by atoms with Gasteiger partial charge in [-0.2, -0.15) is 0 Å². The Bertz CT molecular complexity index is 2800. The Kier molecular flexibility index (Phi) is 6.78. The minimum atomic E-state index is 0.828. The van der Waals surface area contributed by atoms with Crippen LogP contribution in [0.25, 0.3) is 71.7 Å². The number of anilines is 3. The van der Waals surface area contributed by atoms with Gasteiger partial charge in [0, 0.05) is 62.8 Å². The molecule has 0 N–H and O–H groups in total. The number of hydrogen-bond acceptors (Lipinski definition) is 3. The van der Waals surface area contributed by atoms with Gasteiger partial charge < -0.3 is 13.9 Å². The van der Waals surface area contributed by atoms with Crippen molar-refractivity contribution in [1.29, 1.82) is 0 Å². The highest BCUT2D eigenvalue weighted by Crippen LogP contribution is 2.41. The fourth-order valence-electron chi connectivity index (χ4n) is 7.46. The smallest absolute Gasteiger partial charge is 0.138 e. The second kappa shape index (κ2) is 11.9. The summed E-state index contributed by atoms with van der Waals surface area (Å²) in [6.45, 7) is 0. The van der Waals surface area contributed by atoms with E-state index in [1.807, 2.05) is 12.3 Å². The molecule has 0 amide bonds. The van der Waals surface area contributed by atoms with E-state index in [2.05, 4.69) is 184 Å². The van der Waals surface area contributed by atoms with E-state index in [0.717, 1.165) is 50.3 Å². The van der Waals surface area contributed by atoms with E-state index < -0.39 is 0 Å². The zero-order valence-electron chi connectivity index (χ0n) is 27.6. The fourth-order valence-corrected chi connectivity index (χ4v) is 7.46. The van der Waals surface area contributed by atoms with Crippen molar-refractivity contribution in [2.24, 2.45) is 0 Å². The van der Waals surface area contributed by atoms with Gasteiger partial charge in [0.2, 0.25) is 0 Å². The van der Waals surface area contributed by atoms with Gasteiger partial charge in [0.15, 0.2) is 0 Å². The van der Waals surface area contributed by atoms with Gasteiger partial charge in [-0.3, -0.25) is 4.98 Å². The number of hydrogen-bond donors (Lipinski definition) is 0. The van der Waals surface area contributed by atoms with Gasteiger partial charge in [-0.25, -0.2) is 0 Å². The predicted molar refractivity (Wildman–Crippen MR) is 211 cm³/mol. The van der Waals surface area contributed by atoms with Gasteiger partial charge in [-0.15, -0.1) is 0 Å². The maximum atomic E-state index is 6.34. The summed E-state index contributed by atoms with van der Waals surface area (Å²) in [6, 6.07) is 62.6. The van der Waals surface area contributed by atoms with Crippen LogP contribution < -0.4 is 4.90 Å². The quantitative estimate of drug-likeness (QED) is 0.179. The number of fused-ring (bicyclic) bond motifs is 6. The normalized spacial score (nSPS) is 11.5. The minimum absolute atomic E-state index is 0.828. The molecule has 0 spiro atoms. The van der Waals surface area contributed by atoms with Gasteiger partial charge >= 0.3 is 0 Å². The van der Waals surface area contributed by atoms with Crippen LogP contribution in [0.2, 0.25) is 0 Å². The van der Waals surface area contributed by atoms with Crippen LogP contribution in [0.1, 0.15) is 0 Å². The van der Waals surface area contributed by atoms with Gasteiger partial charge in [0.25, 0.3) is 0 Å². The highest BCUT2D eigenvalue weighted by Gasteiger charge is 2.18. The number of rotatable bonds is 6. The number of benzene rings is 7. The summed E-state index contributed by atoms with van der Waals surface area (Å²) < 4.78 is 8.71. The Morgan fingerprint density at radius 1 is 0.412 bits per heavy atom. The molecule has 10 rings (SSSR count). The molecule has 0 aliphatic rings. The SMILES string of the molecule is c1ccc(-c2ccc(-c3ccc(N(c4cccc(-n5c6ccccc6c6ccccc65)c4)c4ccc5c(c4)oc4ccncc45)cc3)cc2)cc1. The molecular weight excluding hydrogens is 623 g/mol. The standard InChI is InChI=1S/C47H31N3O/c1-2-9-32(10-3-1)33-17-19-34(20-18-33)35-21-23-36(24-22-35)49(39-25-26-42-43-31-48-28-27-46(43)51-47(42)30-39)37-11-8-12-38(29-37)50-44-15-6-4-13-40(44)41-14-5-7-16-45(41)50/h1-31H. The molecule has 4 nitrogen and oxygen atoms in total. The Labute approximate surface area is 295 Å². The first-order valence-corrected chi connectivity index (χ1v) is 17.2. The third kappa shape index (κ3) is 4.96. The van der Waals surface area contributed by atoms with E-state index in [1.54, 1.807) is 6.20 Å². The first-order valence-electron chi connectivity index (χ1n) is 17.2. The molecule has 0 bridgehead atoms. The zero-order chi connectivity index (χ0) is 33.7. The molecular formula is C47H31N3O. The average molecular weight is 654 g/mol. The molecule has 7 aromatic carbocycles. The lowest BCUT2D eigenvalue weighted by Crippen LogP contribution is -2.10. The molecule has 0 aliphatic heterocycles. The van der Waals surface area contributed by atoms with E-state index in [1.165, 1.54) is 38.5 Å². The first kappa shape index (κ1) is 29.0. The number of nitrogens with zero attached hydrogens (tertiary/aromatic N) is 3. The Morgan fingerprint density at radius 2 is 1.00 bits per heavy atom. The third-order valence-electron chi connectivity index (χ3n) is 9.89. The molecule has 51 heavy (non-hydrogen) atoms. The molecule has 10 aromatic rings. The lowest BCUT2D eigenvalue weighted by atomic mass is 10.00. The first-order chi connectivity index (χ1) is 25.3. The molecule has 4 heteroatoms. The summed E-state index contributed by atoms with van der Waals surface area (Å²) in [7, 11) is 0. The second-order valence-electron chi connectivity index (χ2n) is 12.9. The molecule has 0 unspecified atom stereocenters. The Balaban J connectivity index is 1.10. The van der Waals surface area contributed by atoms with Gasteiger partial charge in [-0.1, -0.05) is 109 Å². The van der Waals surface area contributed by atoms with Crippen LogP contribution >= 0.6 is 0 Å². The lowest BCUT2D eigenvalue weighted by Gasteiger charge is -2.26. The van der Waals surface area contributed by atoms with Crippen molar-refractivity contribution in [3.8, 4) is 27.9 Å². The summed E-state index contributed by atoms with van der Waals surface area (Å²) in [5.41, 5.74) is 13.0. The van der Waals surface area contributed by atoms with Crippen LogP contribution in [-0.2, 0) is 0 Å². The Hall–Kier alpha value is -6.91. The molecule has 3 aromatic heterocycles. The number of para-hydroxylation sites is 2. The van der Waals surface area contributed by atoms with Crippen molar-refractivity contribution in [2.45, 2.75) is 0 Å². The van der Waals surface area contributed by atoms with Crippen LogP contribution in [0.4, 0.5) is 17.1 Å². The van der Waals surface area contributed by atoms with Crippen LogP contribution in [0.15, 0.2) is 193 Å². The monoisotopic (exact) mass is 653 g/mol. The highest BCUT2D eigenvalue weighted by atomic mass is 16.3. The van der Waals surface area contributed by atoms with Crippen molar-refractivity contribution >= 4 is 60.8 Å². The van der Waals surface area contributed by atoms with Crippen LogP contribution in [-0.4, -0.2) is 9.55 Å². The summed E-state index contributed by atoms with van der Waals surface area (Å²) >= 11 is 0. The van der Waals surface area contributed by atoms with E-state index >= 15 is 0 Å². The summed E-state index contributed by atoms with van der Waals surface area (Å²) in [5, 5.41) is 4.55. The maximum absolute atomic E-state index is 6.34. The van der Waals surface area contributed by atoms with Crippen molar-refractivity contribution in [1.82, 2.24) is 9.55 Å². The van der Waals surface area contributed by atoms with Crippen molar-refractivity contribution in [3.05, 3.63) is 188 Å². The molecule has 3 heterocycles. The van der Waals surface area contributed by atoms with Gasteiger partial charge in [-0.05, 0) is 82.9 Å².